The van der Waals surface area contributed by atoms with Gasteiger partial charge < -0.3 is 14.4 Å². The maximum absolute atomic E-state index is 12.0. The minimum atomic E-state index is -0.327. The second kappa shape index (κ2) is 12.0. The van der Waals surface area contributed by atoms with E-state index in [9.17, 15) is 5.11 Å². The minimum absolute atomic E-state index is 0.190. The Morgan fingerprint density at radius 3 is 2.26 bits per heavy atom. The zero-order valence-corrected chi connectivity index (χ0v) is 27.4. The summed E-state index contributed by atoms with van der Waals surface area (Å²) in [5.74, 6) is 2.03. The molecule has 0 fully saturated rings. The van der Waals surface area contributed by atoms with Gasteiger partial charge in [0.05, 0.1) is 0 Å². The highest BCUT2D eigenvalue weighted by atomic mass is 16.3. The zero-order valence-electron chi connectivity index (χ0n) is 27.4. The maximum Gasteiger partial charge on any atom is 0.180 e. The van der Waals surface area contributed by atoms with E-state index in [4.69, 9.17) is 14.4 Å². The Balaban J connectivity index is 1.48. The zero-order chi connectivity index (χ0) is 32.7. The molecule has 3 heterocycles. The van der Waals surface area contributed by atoms with Gasteiger partial charge >= 0.3 is 0 Å². The summed E-state index contributed by atoms with van der Waals surface area (Å²) < 4.78 is 6.47. The predicted octanol–water partition coefficient (Wildman–Crippen LogP) is 10.6. The third kappa shape index (κ3) is 5.83. The number of anilines is 2. The van der Waals surface area contributed by atoms with Crippen LogP contribution in [0.2, 0.25) is 0 Å². The van der Waals surface area contributed by atoms with Crippen LogP contribution >= 0.6 is 0 Å². The van der Waals surface area contributed by atoms with E-state index < -0.39 is 0 Å². The van der Waals surface area contributed by atoms with Crippen molar-refractivity contribution in [2.75, 3.05) is 11.4 Å². The van der Waals surface area contributed by atoms with Crippen LogP contribution in [0.3, 0.4) is 0 Å². The van der Waals surface area contributed by atoms with Crippen molar-refractivity contribution in [3.63, 3.8) is 0 Å². The van der Waals surface area contributed by atoms with Crippen LogP contribution in [0.1, 0.15) is 40.2 Å². The normalized spacial score (nSPS) is 11.9. The molecule has 1 N–H and O–H groups in total. The first-order valence-electron chi connectivity index (χ1n) is 16.1. The fourth-order valence-corrected chi connectivity index (χ4v) is 6.11. The Bertz CT molecular complexity index is 2200. The molecule has 234 valence electrons. The van der Waals surface area contributed by atoms with Crippen molar-refractivity contribution in [3.05, 3.63) is 121 Å². The molecule has 0 aliphatic rings. The van der Waals surface area contributed by atoms with Crippen molar-refractivity contribution in [2.24, 2.45) is 5.92 Å². The lowest BCUT2D eigenvalue weighted by atomic mass is 9.82. The van der Waals surface area contributed by atoms with Crippen molar-refractivity contribution in [3.8, 4) is 39.5 Å². The topological polar surface area (TPSA) is 75.3 Å². The number of aromatic nitrogens is 3. The van der Waals surface area contributed by atoms with E-state index in [-0.39, 0.29) is 11.2 Å². The molecule has 0 bridgehead atoms. The summed E-state index contributed by atoms with van der Waals surface area (Å²) in [6.45, 7) is 11.5. The number of benzene rings is 4. The van der Waals surface area contributed by atoms with Crippen molar-refractivity contribution in [1.29, 1.82) is 0 Å². The molecule has 4 aromatic carbocycles. The van der Waals surface area contributed by atoms with Gasteiger partial charge in [0.25, 0.3) is 0 Å². The molecule has 0 aliphatic heterocycles. The number of fused-ring (bicyclic) bond motifs is 3. The van der Waals surface area contributed by atoms with Crippen molar-refractivity contribution in [1.82, 2.24) is 15.0 Å². The fraction of sp³-hybridized carbons (Fsp3) is 0.195. The number of phenolic OH excluding ortho intramolecular Hbond substituents is 1. The Morgan fingerprint density at radius 1 is 0.766 bits per heavy atom. The number of hydrogen-bond donors (Lipinski definition) is 1. The molecule has 6 nitrogen and oxygen atoms in total. The first-order valence-corrected chi connectivity index (χ1v) is 16.1. The van der Waals surface area contributed by atoms with E-state index in [2.05, 4.69) is 74.8 Å². The second-order valence-electron chi connectivity index (χ2n) is 13.5. The number of hydrogen-bond acceptors (Lipinski definition) is 6. The van der Waals surface area contributed by atoms with Crippen LogP contribution in [0.25, 0.3) is 55.8 Å². The van der Waals surface area contributed by atoms with E-state index in [0.717, 1.165) is 51.3 Å². The highest BCUT2D eigenvalue weighted by Gasteiger charge is 2.26. The number of furan rings is 1. The number of para-hydroxylation sites is 1. The largest absolute Gasteiger partial charge is 0.507 e. The molecule has 0 atom stereocenters. The van der Waals surface area contributed by atoms with Crippen LogP contribution in [-0.4, -0.2) is 26.6 Å². The smallest absolute Gasteiger partial charge is 0.180 e. The van der Waals surface area contributed by atoms with Gasteiger partial charge in [-0.05, 0) is 71.0 Å². The molecule has 0 saturated carbocycles. The number of nitrogens with zero attached hydrogens (tertiary/aromatic N) is 4. The SMILES string of the molecule is CC(C)CN(c1cccc(-c2nc(-c3cc(-c4ccccc4)cc(C(C)(C)C)c3O)c3oc4ccccc4c3n2)c1)c1ccccn1. The third-order valence-electron chi connectivity index (χ3n) is 8.39. The van der Waals surface area contributed by atoms with Gasteiger partial charge in [0.15, 0.2) is 11.4 Å². The van der Waals surface area contributed by atoms with Crippen LogP contribution in [0.4, 0.5) is 11.5 Å². The molecular weight excluding hydrogens is 580 g/mol. The molecule has 0 amide bonds. The summed E-state index contributed by atoms with van der Waals surface area (Å²) in [5.41, 5.74) is 7.54. The van der Waals surface area contributed by atoms with E-state index in [0.29, 0.717) is 34.1 Å². The minimum Gasteiger partial charge on any atom is -0.507 e. The molecule has 0 unspecified atom stereocenters. The number of phenols is 1. The number of pyridine rings is 1. The van der Waals surface area contributed by atoms with Gasteiger partial charge in [-0.15, -0.1) is 0 Å². The summed E-state index contributed by atoms with van der Waals surface area (Å²) in [6.07, 6.45) is 1.82. The van der Waals surface area contributed by atoms with Gasteiger partial charge in [-0.25, -0.2) is 15.0 Å². The van der Waals surface area contributed by atoms with Crippen LogP contribution in [0.5, 0.6) is 5.75 Å². The van der Waals surface area contributed by atoms with E-state index in [1.54, 1.807) is 0 Å². The Kier molecular flexibility index (Phi) is 7.72. The summed E-state index contributed by atoms with van der Waals surface area (Å²) in [6, 6.07) is 36.5. The average molecular weight is 619 g/mol. The summed E-state index contributed by atoms with van der Waals surface area (Å²) in [5, 5.41) is 12.9. The highest BCUT2D eigenvalue weighted by molar-refractivity contribution is 6.07. The Labute approximate surface area is 275 Å². The Hall–Kier alpha value is -5.49. The van der Waals surface area contributed by atoms with Gasteiger partial charge in [-0.3, -0.25) is 0 Å². The average Bonchev–Trinajstić information content (AvgIpc) is 3.46. The number of aromatic hydroxyl groups is 1. The predicted molar refractivity (Wildman–Crippen MR) is 192 cm³/mol. The van der Waals surface area contributed by atoms with Crippen molar-refractivity contribution < 1.29 is 9.52 Å². The maximum atomic E-state index is 12.0. The van der Waals surface area contributed by atoms with Gasteiger partial charge in [0.2, 0.25) is 0 Å². The standard InChI is InChI=1S/C41H38N4O2/c1-26(2)25-45(35-20-11-12-21-42-35)30-17-13-16-28(22-30)40-43-36-31-18-9-10-19-34(31)47-39(36)37(44-40)32-23-29(27-14-7-6-8-15-27)24-33(38(32)46)41(3,4)5/h6-24,26,46H,25H2,1-5H3. The monoisotopic (exact) mass is 618 g/mol. The molecule has 0 spiro atoms. The van der Waals surface area contributed by atoms with Gasteiger partial charge in [-0.2, -0.15) is 0 Å². The molecule has 0 aliphatic carbocycles. The van der Waals surface area contributed by atoms with Crippen LogP contribution in [0.15, 0.2) is 120 Å². The Morgan fingerprint density at radius 2 is 1.51 bits per heavy atom. The van der Waals surface area contributed by atoms with Gasteiger partial charge in [0, 0.05) is 40.5 Å². The van der Waals surface area contributed by atoms with Crippen molar-refractivity contribution in [2.45, 2.75) is 40.0 Å². The van der Waals surface area contributed by atoms with Crippen molar-refractivity contribution >= 4 is 33.6 Å². The lowest BCUT2D eigenvalue weighted by Gasteiger charge is -2.26. The van der Waals surface area contributed by atoms with Gasteiger partial charge in [0.1, 0.15) is 28.4 Å². The van der Waals surface area contributed by atoms with E-state index >= 15 is 0 Å². The third-order valence-corrected chi connectivity index (χ3v) is 8.39. The number of rotatable bonds is 7. The second-order valence-corrected chi connectivity index (χ2v) is 13.5. The molecule has 0 radical (unpaired) electrons. The first-order chi connectivity index (χ1) is 22.7. The highest BCUT2D eigenvalue weighted by Crippen LogP contribution is 2.45. The molecule has 3 aromatic heterocycles. The van der Waals surface area contributed by atoms with Crippen LogP contribution in [-0.2, 0) is 5.41 Å². The summed E-state index contributed by atoms with van der Waals surface area (Å²) in [7, 11) is 0. The molecule has 0 saturated heterocycles. The lowest BCUT2D eigenvalue weighted by Crippen LogP contribution is -2.23. The molecular formula is C41H38N4O2. The molecule has 7 rings (SSSR count). The van der Waals surface area contributed by atoms with E-state index in [1.165, 1.54) is 0 Å². The fourth-order valence-electron chi connectivity index (χ4n) is 6.11. The molecule has 7 aromatic rings. The van der Waals surface area contributed by atoms with E-state index in [1.807, 2.05) is 85.1 Å². The first kappa shape index (κ1) is 30.2. The van der Waals surface area contributed by atoms with Crippen LogP contribution < -0.4 is 4.90 Å². The summed E-state index contributed by atoms with van der Waals surface area (Å²) >= 11 is 0. The summed E-state index contributed by atoms with van der Waals surface area (Å²) in [4.78, 5) is 17.2. The quantitative estimate of drug-likeness (QED) is 0.192. The van der Waals surface area contributed by atoms with Gasteiger partial charge in [-0.1, -0.05) is 95.3 Å². The lowest BCUT2D eigenvalue weighted by molar-refractivity contribution is 0.448. The van der Waals surface area contributed by atoms with Crippen LogP contribution in [0, 0.1) is 5.92 Å². The molecule has 47 heavy (non-hydrogen) atoms. The molecule has 6 heteroatoms.